The maximum atomic E-state index is 14.0. The molecule has 2 atom stereocenters. The third-order valence-corrected chi connectivity index (χ3v) is 4.47. The van der Waals surface area contributed by atoms with E-state index >= 15 is 0 Å². The third kappa shape index (κ3) is 3.50. The Labute approximate surface area is 127 Å². The number of nitrogens with one attached hydrogen (secondary N) is 1. The maximum Gasteiger partial charge on any atom is 0.147 e. The molecule has 2 unspecified atom stereocenters. The van der Waals surface area contributed by atoms with E-state index in [4.69, 9.17) is 0 Å². The molecule has 0 amide bonds. The first-order valence-corrected chi connectivity index (χ1v) is 7.96. The fourth-order valence-electron chi connectivity index (χ4n) is 2.80. The summed E-state index contributed by atoms with van der Waals surface area (Å²) in [6, 6.07) is 3.17. The Balaban J connectivity index is 2.09. The first-order chi connectivity index (χ1) is 9.52. The van der Waals surface area contributed by atoms with Gasteiger partial charge in [0.15, 0.2) is 0 Å². The molecule has 1 aromatic rings. The molecular formula is C15H21BrF2N2. The van der Waals surface area contributed by atoms with Crippen LogP contribution in [0.4, 0.5) is 14.5 Å². The minimum Gasteiger partial charge on any atom is -0.366 e. The second-order valence-electron chi connectivity index (χ2n) is 5.44. The molecule has 1 N–H and O–H groups in total. The lowest BCUT2D eigenvalue weighted by Crippen LogP contribution is -2.48. The molecule has 0 spiro atoms. The van der Waals surface area contributed by atoms with Gasteiger partial charge in [0, 0.05) is 24.7 Å². The summed E-state index contributed by atoms with van der Waals surface area (Å²) < 4.78 is 27.8. The van der Waals surface area contributed by atoms with Crippen LogP contribution in [-0.2, 0) is 0 Å². The third-order valence-electron chi connectivity index (χ3n) is 3.86. The van der Waals surface area contributed by atoms with Gasteiger partial charge in [0.05, 0.1) is 10.2 Å². The summed E-state index contributed by atoms with van der Waals surface area (Å²) in [6.45, 7) is 5.98. The van der Waals surface area contributed by atoms with Crippen LogP contribution in [0.2, 0.25) is 0 Å². The first kappa shape index (κ1) is 15.7. The van der Waals surface area contributed by atoms with Gasteiger partial charge in [-0.2, -0.15) is 0 Å². The lowest BCUT2D eigenvalue weighted by Gasteiger charge is -2.39. The normalized spacial score (nSPS) is 23.1. The SMILES string of the molecule is CCCNC1CCN(c2cc(F)c(Br)cc2F)C(C)C1. The zero-order valence-corrected chi connectivity index (χ0v) is 13.5. The highest BCUT2D eigenvalue weighted by Crippen LogP contribution is 2.30. The van der Waals surface area contributed by atoms with E-state index < -0.39 is 5.82 Å². The van der Waals surface area contributed by atoms with Crippen molar-refractivity contribution >= 4 is 21.6 Å². The minimum atomic E-state index is -0.417. The number of piperidine rings is 1. The molecule has 2 nitrogen and oxygen atoms in total. The standard InChI is InChI=1S/C15H21BrF2N2/c1-3-5-19-11-4-6-20(10(2)7-11)15-9-13(17)12(16)8-14(15)18/h8-11,19H,3-7H2,1-2H3. The van der Waals surface area contributed by atoms with Gasteiger partial charge in [-0.3, -0.25) is 0 Å². The Morgan fingerprint density at radius 2 is 2.10 bits per heavy atom. The van der Waals surface area contributed by atoms with Crippen molar-refractivity contribution in [1.29, 1.82) is 0 Å². The van der Waals surface area contributed by atoms with E-state index in [-0.39, 0.29) is 16.3 Å². The zero-order chi connectivity index (χ0) is 14.7. The number of halogens is 3. The molecule has 1 aromatic carbocycles. The predicted molar refractivity (Wildman–Crippen MR) is 82.2 cm³/mol. The van der Waals surface area contributed by atoms with Crippen molar-refractivity contribution in [3.05, 3.63) is 28.2 Å². The van der Waals surface area contributed by atoms with Crippen molar-refractivity contribution in [2.45, 2.75) is 45.2 Å². The highest BCUT2D eigenvalue weighted by atomic mass is 79.9. The average Bonchev–Trinajstić information content (AvgIpc) is 2.41. The summed E-state index contributed by atoms with van der Waals surface area (Å²) in [5, 5.41) is 3.51. The lowest BCUT2D eigenvalue weighted by molar-refractivity contribution is 0.366. The van der Waals surface area contributed by atoms with Crippen molar-refractivity contribution in [2.75, 3.05) is 18.0 Å². The van der Waals surface area contributed by atoms with E-state index in [1.54, 1.807) is 0 Å². The van der Waals surface area contributed by atoms with Gasteiger partial charge in [-0.1, -0.05) is 6.92 Å². The van der Waals surface area contributed by atoms with Gasteiger partial charge < -0.3 is 10.2 Å². The van der Waals surface area contributed by atoms with Crippen LogP contribution in [0, 0.1) is 11.6 Å². The molecule has 1 aliphatic rings. The summed E-state index contributed by atoms with van der Waals surface area (Å²) in [7, 11) is 0. The Kier molecular flexibility index (Phi) is 5.38. The second kappa shape index (κ2) is 6.85. The summed E-state index contributed by atoms with van der Waals surface area (Å²) in [4.78, 5) is 1.97. The molecular weight excluding hydrogens is 326 g/mol. The van der Waals surface area contributed by atoms with E-state index in [9.17, 15) is 8.78 Å². The molecule has 1 aliphatic heterocycles. The van der Waals surface area contributed by atoms with Crippen LogP contribution in [0.5, 0.6) is 0 Å². The van der Waals surface area contributed by atoms with Crippen molar-refractivity contribution < 1.29 is 8.78 Å². The van der Waals surface area contributed by atoms with E-state index in [2.05, 4.69) is 35.1 Å². The molecule has 112 valence electrons. The van der Waals surface area contributed by atoms with Crippen LogP contribution in [0.1, 0.15) is 33.1 Å². The number of anilines is 1. The second-order valence-corrected chi connectivity index (χ2v) is 6.29. The zero-order valence-electron chi connectivity index (χ0n) is 11.9. The highest BCUT2D eigenvalue weighted by Gasteiger charge is 2.27. The first-order valence-electron chi connectivity index (χ1n) is 7.17. The smallest absolute Gasteiger partial charge is 0.147 e. The maximum absolute atomic E-state index is 14.0. The van der Waals surface area contributed by atoms with Crippen LogP contribution in [0.3, 0.4) is 0 Å². The molecule has 1 heterocycles. The summed E-state index contributed by atoms with van der Waals surface area (Å²) in [5.74, 6) is -0.787. The van der Waals surface area contributed by atoms with Crippen molar-refractivity contribution in [3.63, 3.8) is 0 Å². The van der Waals surface area contributed by atoms with Gasteiger partial charge in [-0.25, -0.2) is 8.78 Å². The Hall–Kier alpha value is -0.680. The highest BCUT2D eigenvalue weighted by molar-refractivity contribution is 9.10. The topological polar surface area (TPSA) is 15.3 Å². The number of benzene rings is 1. The van der Waals surface area contributed by atoms with Gasteiger partial charge in [-0.05, 0) is 54.7 Å². The molecule has 0 saturated carbocycles. The number of nitrogens with zero attached hydrogens (tertiary/aromatic N) is 1. The van der Waals surface area contributed by atoms with Gasteiger partial charge in [-0.15, -0.1) is 0 Å². The minimum absolute atomic E-state index is 0.172. The van der Waals surface area contributed by atoms with Gasteiger partial charge in [0.1, 0.15) is 11.6 Å². The number of hydrogen-bond acceptors (Lipinski definition) is 2. The summed E-state index contributed by atoms with van der Waals surface area (Å²) in [5.41, 5.74) is 0.368. The largest absolute Gasteiger partial charge is 0.366 e. The van der Waals surface area contributed by atoms with Crippen LogP contribution in [-0.4, -0.2) is 25.2 Å². The van der Waals surface area contributed by atoms with E-state index in [0.717, 1.165) is 32.4 Å². The molecule has 1 fully saturated rings. The van der Waals surface area contributed by atoms with Crippen LogP contribution < -0.4 is 10.2 Å². The molecule has 0 bridgehead atoms. The van der Waals surface area contributed by atoms with Gasteiger partial charge in [0.2, 0.25) is 0 Å². The van der Waals surface area contributed by atoms with Crippen molar-refractivity contribution in [1.82, 2.24) is 5.32 Å². The summed E-state index contributed by atoms with van der Waals surface area (Å²) in [6.07, 6.45) is 3.03. The van der Waals surface area contributed by atoms with Gasteiger partial charge >= 0.3 is 0 Å². The Bertz CT molecular complexity index is 467. The molecule has 0 radical (unpaired) electrons. The lowest BCUT2D eigenvalue weighted by atomic mass is 9.97. The molecule has 20 heavy (non-hydrogen) atoms. The monoisotopic (exact) mass is 346 g/mol. The van der Waals surface area contributed by atoms with Gasteiger partial charge in [0.25, 0.3) is 0 Å². The van der Waals surface area contributed by atoms with E-state index in [0.29, 0.717) is 11.7 Å². The van der Waals surface area contributed by atoms with E-state index in [1.807, 2.05) is 4.90 Å². The molecule has 0 aromatic heterocycles. The fourth-order valence-corrected chi connectivity index (χ4v) is 3.11. The van der Waals surface area contributed by atoms with E-state index in [1.165, 1.54) is 12.1 Å². The molecule has 0 aliphatic carbocycles. The average molecular weight is 347 g/mol. The quantitative estimate of drug-likeness (QED) is 0.826. The van der Waals surface area contributed by atoms with Crippen molar-refractivity contribution in [3.8, 4) is 0 Å². The Morgan fingerprint density at radius 1 is 1.35 bits per heavy atom. The number of rotatable bonds is 4. The molecule has 5 heteroatoms. The van der Waals surface area contributed by atoms with Crippen molar-refractivity contribution in [2.24, 2.45) is 0 Å². The number of hydrogen-bond donors (Lipinski definition) is 1. The van der Waals surface area contributed by atoms with Crippen LogP contribution in [0.25, 0.3) is 0 Å². The molecule has 2 rings (SSSR count). The molecule has 1 saturated heterocycles. The summed E-state index contributed by atoms with van der Waals surface area (Å²) >= 11 is 3.01. The predicted octanol–water partition coefficient (Wildman–Crippen LogP) is 4.08. The van der Waals surface area contributed by atoms with Crippen LogP contribution in [0.15, 0.2) is 16.6 Å². The Morgan fingerprint density at radius 3 is 2.75 bits per heavy atom. The van der Waals surface area contributed by atoms with Crippen LogP contribution >= 0.6 is 15.9 Å². The fraction of sp³-hybridized carbons (Fsp3) is 0.600.